The Balaban J connectivity index is 0.623. The Hall–Kier alpha value is -12.8. The fraction of sp³-hybridized carbons (Fsp3) is 0. The largest absolute Gasteiger partial charge is 0.864 e. The van der Waals surface area contributed by atoms with Gasteiger partial charge in [0.05, 0.1) is 34.1 Å². The molecule has 456 valence electrons. The second-order valence-corrected chi connectivity index (χ2v) is 24.6. The van der Waals surface area contributed by atoms with Gasteiger partial charge in [-0.1, -0.05) is 255 Å². The topological polar surface area (TPSA) is 37.4 Å². The summed E-state index contributed by atoms with van der Waals surface area (Å²) >= 11 is 0. The van der Waals surface area contributed by atoms with E-state index in [0.29, 0.717) is 17.2 Å². The molecule has 0 saturated heterocycles. The van der Waals surface area contributed by atoms with Crippen LogP contribution in [0.2, 0.25) is 0 Å². The van der Waals surface area contributed by atoms with Crippen LogP contribution in [0.4, 0.5) is 51.2 Å². The highest BCUT2D eigenvalue weighted by Gasteiger charge is 2.32. The van der Waals surface area contributed by atoms with Crippen LogP contribution in [-0.2, 0) is 0 Å². The number of anilines is 9. The fourth-order valence-corrected chi connectivity index (χ4v) is 14.5. The van der Waals surface area contributed by atoms with E-state index >= 15 is 0 Å². The minimum atomic E-state index is -1.15. The Labute approximate surface area is 565 Å². The second kappa shape index (κ2) is 24.2. The van der Waals surface area contributed by atoms with Gasteiger partial charge < -0.3 is 28.7 Å². The first kappa shape index (κ1) is 56.9. The monoisotopic (exact) mass is 1240 g/mol. The van der Waals surface area contributed by atoms with E-state index in [2.05, 4.69) is 342 Å². The summed E-state index contributed by atoms with van der Waals surface area (Å²) in [7, 11) is -1.15. The van der Waals surface area contributed by atoms with Crippen LogP contribution in [-0.4, -0.2) is 7.32 Å². The third-order valence-corrected chi connectivity index (χ3v) is 19.0. The molecule has 0 aliphatic carbocycles. The number of para-hydroxylation sites is 6. The molecule has 15 aromatic carbocycles. The van der Waals surface area contributed by atoms with Gasteiger partial charge in [0.25, 0.3) is 0 Å². The minimum absolute atomic E-state index is 0.591. The summed E-state index contributed by atoms with van der Waals surface area (Å²) in [5.74, 6) is 1.77. The maximum absolute atomic E-state index is 6.69. The molecule has 6 nitrogen and oxygen atoms in total. The molecule has 97 heavy (non-hydrogen) atoms. The van der Waals surface area contributed by atoms with Crippen molar-refractivity contribution in [2.45, 2.75) is 0 Å². The highest BCUT2D eigenvalue weighted by atomic mass is 16.7. The van der Waals surface area contributed by atoms with Gasteiger partial charge >= 0.3 is 7.32 Å². The van der Waals surface area contributed by atoms with Gasteiger partial charge in [-0.25, -0.2) is 0 Å². The van der Waals surface area contributed by atoms with Gasteiger partial charge in [-0.15, -0.1) is 0 Å². The number of fused-ring (bicyclic) bond motifs is 15. The van der Waals surface area contributed by atoms with Crippen molar-refractivity contribution < 1.29 is 14.0 Å². The molecule has 0 radical (unpaired) electrons. The lowest BCUT2D eigenvalue weighted by Gasteiger charge is -2.27. The molecule has 3 aliphatic rings. The van der Waals surface area contributed by atoms with Crippen LogP contribution >= 0.6 is 0 Å². The van der Waals surface area contributed by atoms with E-state index in [1.54, 1.807) is 0 Å². The molecule has 3 aliphatic heterocycles. The van der Waals surface area contributed by atoms with E-state index in [1.807, 2.05) is 36.4 Å². The first-order chi connectivity index (χ1) is 48.1. The van der Waals surface area contributed by atoms with Gasteiger partial charge in [0.1, 0.15) is 17.2 Å². The summed E-state index contributed by atoms with van der Waals surface area (Å²) in [6.07, 6.45) is 0. The van der Waals surface area contributed by atoms with E-state index in [0.717, 1.165) is 84.6 Å². The maximum Gasteiger partial charge on any atom is 0.864 e. The van der Waals surface area contributed by atoms with E-state index < -0.39 is 7.32 Å². The molecular formula is C90H60BN3O3. The van der Waals surface area contributed by atoms with E-state index in [-0.39, 0.29) is 0 Å². The Morgan fingerprint density at radius 3 is 0.495 bits per heavy atom. The van der Waals surface area contributed by atoms with Gasteiger partial charge in [-0.3, -0.25) is 0 Å². The van der Waals surface area contributed by atoms with Crippen LogP contribution in [0.25, 0.3) is 100 Å². The molecular weight excluding hydrogens is 1180 g/mol. The molecule has 0 fully saturated rings. The summed E-state index contributed by atoms with van der Waals surface area (Å²) in [6, 6.07) is 129. The molecule has 0 atom stereocenters. The molecule has 0 bridgehead atoms. The quantitative estimate of drug-likeness (QED) is 0.114. The smallest absolute Gasteiger partial charge is 0.490 e. The lowest BCUT2D eigenvalue weighted by atomic mass is 9.95. The SMILES string of the molecule is c1ccc2c(c1)-c1ccccc1N(c1ccc(-c3ccc(OB(Oc4ccc(-c5ccc(N6c7ccccc7-c7ccccc7-c7ccccc76)cc5)cc4)Oc4ccc(-c5ccc(N6c7ccccc7-c7ccccc7-c7ccccc76)cc5)cc4)cc3)cc1)c1ccccc1-2. The van der Waals surface area contributed by atoms with Crippen molar-refractivity contribution in [1.82, 2.24) is 0 Å². The first-order valence-corrected chi connectivity index (χ1v) is 33.0. The number of hydrogen-bond donors (Lipinski definition) is 0. The van der Waals surface area contributed by atoms with Crippen LogP contribution in [0, 0.1) is 0 Å². The van der Waals surface area contributed by atoms with E-state index in [9.17, 15) is 0 Å². The Bertz CT molecular complexity index is 4700. The van der Waals surface area contributed by atoms with Crippen molar-refractivity contribution in [3.63, 3.8) is 0 Å². The summed E-state index contributed by atoms with van der Waals surface area (Å²) in [6.45, 7) is 0. The molecule has 7 heteroatoms. The molecule has 0 amide bonds. The van der Waals surface area contributed by atoms with Crippen molar-refractivity contribution >= 4 is 58.5 Å². The van der Waals surface area contributed by atoms with E-state index in [1.165, 1.54) is 66.8 Å². The fourth-order valence-electron chi connectivity index (χ4n) is 14.5. The zero-order valence-electron chi connectivity index (χ0n) is 52.8. The zero-order chi connectivity index (χ0) is 64.2. The molecule has 0 aromatic heterocycles. The van der Waals surface area contributed by atoms with Crippen molar-refractivity contribution in [2.24, 2.45) is 0 Å². The van der Waals surface area contributed by atoms with Gasteiger partial charge in [0.2, 0.25) is 0 Å². The van der Waals surface area contributed by atoms with Crippen LogP contribution in [0.3, 0.4) is 0 Å². The lowest BCUT2D eigenvalue weighted by molar-refractivity contribution is 0.307. The van der Waals surface area contributed by atoms with Crippen LogP contribution < -0.4 is 28.7 Å². The third kappa shape index (κ3) is 10.3. The number of rotatable bonds is 12. The normalized spacial score (nSPS) is 12.1. The van der Waals surface area contributed by atoms with Crippen molar-refractivity contribution in [2.75, 3.05) is 14.7 Å². The molecule has 15 aromatic rings. The highest BCUT2D eigenvalue weighted by molar-refractivity contribution is 6.39. The van der Waals surface area contributed by atoms with Crippen LogP contribution in [0.15, 0.2) is 364 Å². The number of benzene rings is 15. The zero-order valence-corrected chi connectivity index (χ0v) is 52.8. The predicted molar refractivity (Wildman–Crippen MR) is 401 cm³/mol. The third-order valence-electron chi connectivity index (χ3n) is 19.0. The summed E-state index contributed by atoms with van der Waals surface area (Å²) < 4.78 is 20.1. The number of hydrogen-bond acceptors (Lipinski definition) is 6. The molecule has 0 spiro atoms. The standard InChI is InChI=1S/C90H60BN3O3/c1-2-20-74-73(19-1)79-25-7-13-31-85(79)92(86-32-14-8-26-80(74)86)67-49-37-61(38-50-67)64-43-55-70(56-44-64)95-91(96-71-57-45-65(46-58-71)62-39-51-68(52-40-62)93-87-33-15-9-27-81(87)75-21-3-4-22-76(75)82-28-10-16-34-88(82)93)97-72-59-47-66(48-60-72)63-41-53-69(54-42-63)94-89-35-17-11-29-83(89)77-23-5-6-24-78(77)84-30-12-18-36-90(84)94/h1-60H. The first-order valence-electron chi connectivity index (χ1n) is 33.0. The molecule has 0 N–H and O–H groups in total. The summed E-state index contributed by atoms with van der Waals surface area (Å²) in [5.41, 5.74) is 30.9. The average molecular weight is 1240 g/mol. The molecule has 3 heterocycles. The molecule has 0 saturated carbocycles. The van der Waals surface area contributed by atoms with Crippen molar-refractivity contribution in [3.8, 4) is 117 Å². The summed E-state index contributed by atoms with van der Waals surface area (Å²) in [5, 5.41) is 0. The molecule has 0 unspecified atom stereocenters. The lowest BCUT2D eigenvalue weighted by Crippen LogP contribution is -2.36. The van der Waals surface area contributed by atoms with E-state index in [4.69, 9.17) is 14.0 Å². The summed E-state index contributed by atoms with van der Waals surface area (Å²) in [4.78, 5) is 7.14. The van der Waals surface area contributed by atoms with Gasteiger partial charge in [0.15, 0.2) is 0 Å². The second-order valence-electron chi connectivity index (χ2n) is 24.6. The van der Waals surface area contributed by atoms with Crippen LogP contribution in [0.5, 0.6) is 17.2 Å². The number of nitrogens with zero attached hydrogens (tertiary/aromatic N) is 3. The predicted octanol–water partition coefficient (Wildman–Crippen LogP) is 24.6. The van der Waals surface area contributed by atoms with Crippen molar-refractivity contribution in [3.05, 3.63) is 364 Å². The minimum Gasteiger partial charge on any atom is -0.490 e. The van der Waals surface area contributed by atoms with Gasteiger partial charge in [0, 0.05) is 50.4 Å². The Morgan fingerprint density at radius 2 is 0.309 bits per heavy atom. The highest BCUT2D eigenvalue weighted by Crippen LogP contribution is 2.54. The Kier molecular flexibility index (Phi) is 14.2. The van der Waals surface area contributed by atoms with Crippen LogP contribution in [0.1, 0.15) is 0 Å². The van der Waals surface area contributed by atoms with Gasteiger partial charge in [-0.05, 0) is 176 Å². The van der Waals surface area contributed by atoms with Crippen molar-refractivity contribution in [1.29, 1.82) is 0 Å². The average Bonchev–Trinajstić information content (AvgIpc) is 1.63. The Morgan fingerprint density at radius 1 is 0.155 bits per heavy atom. The van der Waals surface area contributed by atoms with Gasteiger partial charge in [-0.2, -0.15) is 0 Å². The molecule has 18 rings (SSSR count). The maximum atomic E-state index is 6.69.